The molecule has 34 heavy (non-hydrogen) atoms. The number of fused-ring (bicyclic) bond motifs is 2. The van der Waals surface area contributed by atoms with E-state index in [1.807, 2.05) is 49.4 Å². The summed E-state index contributed by atoms with van der Waals surface area (Å²) < 4.78 is 17.2. The van der Waals surface area contributed by atoms with Crippen molar-refractivity contribution in [3.63, 3.8) is 0 Å². The Morgan fingerprint density at radius 2 is 1.79 bits per heavy atom. The van der Waals surface area contributed by atoms with E-state index in [9.17, 15) is 14.4 Å². The summed E-state index contributed by atoms with van der Waals surface area (Å²) in [7, 11) is 1.52. The molecule has 2 aliphatic heterocycles. The van der Waals surface area contributed by atoms with Crippen LogP contribution in [0.4, 0.5) is 0 Å². The Labute approximate surface area is 199 Å². The number of ketones is 1. The van der Waals surface area contributed by atoms with Gasteiger partial charge in [0, 0.05) is 24.3 Å². The first-order valence-electron chi connectivity index (χ1n) is 11.9. The number of rotatable bonds is 2. The predicted octanol–water partition coefficient (Wildman–Crippen LogP) is 5.62. The maximum atomic E-state index is 13.4. The molecule has 0 N–H and O–H groups in total. The van der Waals surface area contributed by atoms with Crippen LogP contribution in [-0.2, 0) is 14.3 Å². The van der Waals surface area contributed by atoms with Gasteiger partial charge in [0.15, 0.2) is 0 Å². The number of carbonyl (C=O) groups is 3. The minimum absolute atomic E-state index is 0.154. The van der Waals surface area contributed by atoms with Crippen molar-refractivity contribution in [2.45, 2.75) is 63.9 Å². The van der Waals surface area contributed by atoms with Crippen LogP contribution in [0.3, 0.4) is 0 Å². The van der Waals surface area contributed by atoms with Crippen LogP contribution in [0.15, 0.2) is 42.5 Å². The summed E-state index contributed by atoms with van der Waals surface area (Å²) in [6.07, 6.45) is 7.34. The van der Waals surface area contributed by atoms with Gasteiger partial charge in [0.2, 0.25) is 0 Å². The molecular formula is C28H30O6. The van der Waals surface area contributed by atoms with Gasteiger partial charge in [-0.1, -0.05) is 42.5 Å². The van der Waals surface area contributed by atoms with Crippen molar-refractivity contribution in [2.75, 3.05) is 7.11 Å². The number of esters is 2. The quantitative estimate of drug-likeness (QED) is 0.426. The van der Waals surface area contributed by atoms with E-state index in [4.69, 9.17) is 14.2 Å². The standard InChI is InChI=1S/C28H30O6/c1-18-10-9-15-21(29)14-8-4-7-13-20-16-23-26(27(32-2)25(20)28(31)33-18)22(17-24(30)34-23)19-11-5-3-6-12-19/h3,5-7,11-13,16,18,22H,4,8-10,14-15,17H2,1-2H3/b13-7+/t18-,22?/m0/s1. The van der Waals surface area contributed by atoms with Crippen LogP contribution in [0.1, 0.15) is 84.8 Å². The third-order valence-corrected chi connectivity index (χ3v) is 6.36. The highest BCUT2D eigenvalue weighted by atomic mass is 16.5. The fourth-order valence-corrected chi connectivity index (χ4v) is 4.68. The number of ether oxygens (including phenoxy) is 3. The second kappa shape index (κ2) is 10.7. The fraction of sp³-hybridized carbons (Fsp3) is 0.393. The van der Waals surface area contributed by atoms with Gasteiger partial charge in [-0.2, -0.15) is 0 Å². The highest BCUT2D eigenvalue weighted by molar-refractivity contribution is 5.99. The van der Waals surface area contributed by atoms with Crippen molar-refractivity contribution >= 4 is 23.8 Å². The lowest BCUT2D eigenvalue weighted by Gasteiger charge is -2.29. The van der Waals surface area contributed by atoms with Gasteiger partial charge in [-0.05, 0) is 49.8 Å². The highest BCUT2D eigenvalue weighted by Gasteiger charge is 2.36. The van der Waals surface area contributed by atoms with Crippen molar-refractivity contribution in [1.29, 1.82) is 0 Å². The summed E-state index contributed by atoms with van der Waals surface area (Å²) in [5, 5.41) is 0. The van der Waals surface area contributed by atoms with Crippen molar-refractivity contribution in [1.82, 2.24) is 0 Å². The molecule has 0 spiro atoms. The molecule has 178 valence electrons. The van der Waals surface area contributed by atoms with Crippen LogP contribution >= 0.6 is 0 Å². The number of allylic oxidation sites excluding steroid dienone is 1. The second-order valence-electron chi connectivity index (χ2n) is 8.87. The maximum Gasteiger partial charge on any atom is 0.342 e. The lowest BCUT2D eigenvalue weighted by Crippen LogP contribution is -2.24. The molecule has 1 unspecified atom stereocenters. The van der Waals surface area contributed by atoms with E-state index < -0.39 is 5.97 Å². The number of benzene rings is 2. The first-order valence-corrected chi connectivity index (χ1v) is 11.9. The molecule has 2 atom stereocenters. The van der Waals surface area contributed by atoms with Crippen LogP contribution in [0.25, 0.3) is 6.08 Å². The normalized spacial score (nSPS) is 22.5. The molecule has 0 aliphatic carbocycles. The van der Waals surface area contributed by atoms with Gasteiger partial charge in [0.1, 0.15) is 22.8 Å². The monoisotopic (exact) mass is 462 g/mol. The molecule has 0 bridgehead atoms. The molecule has 0 saturated heterocycles. The van der Waals surface area contributed by atoms with E-state index >= 15 is 0 Å². The minimum Gasteiger partial charge on any atom is -0.495 e. The zero-order valence-electron chi connectivity index (χ0n) is 19.7. The third kappa shape index (κ3) is 5.22. The number of methoxy groups -OCH3 is 1. The van der Waals surface area contributed by atoms with E-state index in [-0.39, 0.29) is 30.2 Å². The van der Waals surface area contributed by atoms with Crippen molar-refractivity contribution in [2.24, 2.45) is 0 Å². The first-order chi connectivity index (χ1) is 16.5. The lowest BCUT2D eigenvalue weighted by atomic mass is 9.83. The predicted molar refractivity (Wildman–Crippen MR) is 128 cm³/mol. The molecule has 0 fully saturated rings. The van der Waals surface area contributed by atoms with E-state index in [1.165, 1.54) is 7.11 Å². The molecule has 2 aromatic rings. The van der Waals surface area contributed by atoms with Gasteiger partial charge in [-0.3, -0.25) is 9.59 Å². The average Bonchev–Trinajstić information content (AvgIpc) is 2.82. The minimum atomic E-state index is -0.487. The lowest BCUT2D eigenvalue weighted by molar-refractivity contribution is -0.135. The number of cyclic esters (lactones) is 1. The van der Waals surface area contributed by atoms with Crippen LogP contribution in [0.5, 0.6) is 11.5 Å². The van der Waals surface area contributed by atoms with Crippen LogP contribution in [-0.4, -0.2) is 30.9 Å². The molecule has 0 amide bonds. The van der Waals surface area contributed by atoms with Crippen LogP contribution in [0.2, 0.25) is 0 Å². The van der Waals surface area contributed by atoms with Crippen LogP contribution in [0, 0.1) is 0 Å². The van der Waals surface area contributed by atoms with Crippen molar-refractivity contribution in [3.05, 3.63) is 64.7 Å². The SMILES string of the molecule is COc1c2c(cc3c1C(c1ccccc1)CC(=O)O3)/C=C/CCCC(=O)CCC[C@H](C)OC2=O. The first kappa shape index (κ1) is 23.7. The van der Waals surface area contributed by atoms with Crippen molar-refractivity contribution in [3.8, 4) is 11.5 Å². The Morgan fingerprint density at radius 1 is 1.03 bits per heavy atom. The molecule has 2 aliphatic rings. The van der Waals surface area contributed by atoms with Gasteiger partial charge in [0.25, 0.3) is 0 Å². The molecule has 6 nitrogen and oxygen atoms in total. The van der Waals surface area contributed by atoms with Gasteiger partial charge < -0.3 is 14.2 Å². The Bertz CT molecular complexity index is 1100. The number of hydrogen-bond acceptors (Lipinski definition) is 6. The Balaban J connectivity index is 1.85. The van der Waals surface area contributed by atoms with Gasteiger partial charge in [-0.25, -0.2) is 4.79 Å². The molecular weight excluding hydrogens is 432 g/mol. The van der Waals surface area contributed by atoms with E-state index in [1.54, 1.807) is 6.07 Å². The molecule has 0 aromatic heterocycles. The molecule has 0 radical (unpaired) electrons. The topological polar surface area (TPSA) is 78.9 Å². The Kier molecular flexibility index (Phi) is 7.46. The number of Topliss-reactive ketones (excluding diaryl/α,β-unsaturated/α-hetero) is 1. The summed E-state index contributed by atoms with van der Waals surface area (Å²) in [6.45, 7) is 1.84. The van der Waals surface area contributed by atoms with E-state index in [0.29, 0.717) is 60.3 Å². The van der Waals surface area contributed by atoms with E-state index in [2.05, 4.69) is 0 Å². The maximum absolute atomic E-state index is 13.4. The van der Waals surface area contributed by atoms with Crippen molar-refractivity contribution < 1.29 is 28.6 Å². The summed E-state index contributed by atoms with van der Waals surface area (Å²) in [5.41, 5.74) is 2.52. The fourth-order valence-electron chi connectivity index (χ4n) is 4.68. The molecule has 2 heterocycles. The zero-order chi connectivity index (χ0) is 24.1. The van der Waals surface area contributed by atoms with Gasteiger partial charge in [0.05, 0.1) is 19.6 Å². The zero-order valence-corrected chi connectivity index (χ0v) is 19.7. The van der Waals surface area contributed by atoms with E-state index in [0.717, 1.165) is 12.0 Å². The molecule has 0 saturated carbocycles. The van der Waals surface area contributed by atoms with Gasteiger partial charge >= 0.3 is 11.9 Å². The smallest absolute Gasteiger partial charge is 0.342 e. The summed E-state index contributed by atoms with van der Waals surface area (Å²) in [5.74, 6) is -0.118. The largest absolute Gasteiger partial charge is 0.495 e. The second-order valence-corrected chi connectivity index (χ2v) is 8.87. The molecule has 6 heteroatoms. The molecule has 2 aromatic carbocycles. The number of hydrogen-bond donors (Lipinski definition) is 0. The highest BCUT2D eigenvalue weighted by Crippen LogP contribution is 2.47. The summed E-state index contributed by atoms with van der Waals surface area (Å²) in [4.78, 5) is 37.9. The summed E-state index contributed by atoms with van der Waals surface area (Å²) >= 11 is 0. The van der Waals surface area contributed by atoms with Gasteiger partial charge in [-0.15, -0.1) is 0 Å². The Hall–Kier alpha value is -3.41. The number of carbonyl (C=O) groups excluding carboxylic acids is 3. The summed E-state index contributed by atoms with van der Waals surface area (Å²) in [6, 6.07) is 11.4. The molecule has 4 rings (SSSR count). The van der Waals surface area contributed by atoms with Crippen LogP contribution < -0.4 is 9.47 Å². The third-order valence-electron chi connectivity index (χ3n) is 6.36. The average molecular weight is 463 g/mol. The Morgan fingerprint density at radius 3 is 2.56 bits per heavy atom.